The van der Waals surface area contributed by atoms with Crippen LogP contribution in [0.2, 0.25) is 5.02 Å². The van der Waals surface area contributed by atoms with Crippen molar-refractivity contribution in [1.82, 2.24) is 9.91 Å². The molecule has 1 saturated heterocycles. The lowest BCUT2D eigenvalue weighted by Gasteiger charge is -2.28. The first-order valence-corrected chi connectivity index (χ1v) is 10.8. The number of amides is 1. The van der Waals surface area contributed by atoms with E-state index in [0.29, 0.717) is 18.1 Å². The first kappa shape index (κ1) is 20.8. The van der Waals surface area contributed by atoms with Crippen LogP contribution in [0.3, 0.4) is 0 Å². The van der Waals surface area contributed by atoms with Crippen LogP contribution in [0.15, 0.2) is 88.4 Å². The zero-order chi connectivity index (χ0) is 21.1. The van der Waals surface area contributed by atoms with Crippen molar-refractivity contribution in [2.45, 2.75) is 19.6 Å². The third-order valence-corrected chi connectivity index (χ3v) is 5.87. The van der Waals surface area contributed by atoms with Gasteiger partial charge in [0.15, 0.2) is 0 Å². The minimum absolute atomic E-state index is 0.0211. The van der Waals surface area contributed by atoms with Gasteiger partial charge in [-0.2, -0.15) is 5.10 Å². The van der Waals surface area contributed by atoms with Crippen molar-refractivity contribution in [1.29, 1.82) is 0 Å². The van der Waals surface area contributed by atoms with Gasteiger partial charge in [-0.3, -0.25) is 9.69 Å². The van der Waals surface area contributed by atoms with Crippen LogP contribution in [-0.2, 0) is 11.3 Å². The summed E-state index contributed by atoms with van der Waals surface area (Å²) in [5, 5.41) is 7.01. The van der Waals surface area contributed by atoms with Crippen molar-refractivity contribution in [3.8, 4) is 0 Å². The van der Waals surface area contributed by atoms with E-state index in [0.717, 1.165) is 26.9 Å². The topological polar surface area (TPSA) is 35.9 Å². The summed E-state index contributed by atoms with van der Waals surface area (Å²) in [5.74, 6) is -0.0211. The number of carbonyl (C=O) groups is 1. The molecule has 0 spiro atoms. The van der Waals surface area contributed by atoms with Crippen LogP contribution in [0.4, 0.5) is 0 Å². The predicted octanol–water partition coefficient (Wildman–Crippen LogP) is 5.87. The number of benzene rings is 3. The van der Waals surface area contributed by atoms with Gasteiger partial charge in [-0.1, -0.05) is 82.1 Å². The van der Waals surface area contributed by atoms with Crippen LogP contribution in [0.25, 0.3) is 0 Å². The normalized spacial score (nSPS) is 17.6. The zero-order valence-electron chi connectivity index (χ0n) is 16.5. The molecule has 0 N–H and O–H groups in total. The van der Waals surface area contributed by atoms with E-state index in [1.54, 1.807) is 5.01 Å². The molecule has 1 heterocycles. The Morgan fingerprint density at radius 2 is 1.70 bits per heavy atom. The van der Waals surface area contributed by atoms with Gasteiger partial charge in [0.1, 0.15) is 6.17 Å². The fourth-order valence-corrected chi connectivity index (χ4v) is 3.98. The minimum atomic E-state index is -0.270. The maximum absolute atomic E-state index is 13.0. The molecule has 3 aromatic carbocycles. The smallest absolute Gasteiger partial charge is 0.258 e. The Kier molecular flexibility index (Phi) is 6.32. The number of nitrogens with zero attached hydrogens (tertiary/aromatic N) is 3. The molecule has 0 aliphatic carbocycles. The molecule has 0 aromatic heterocycles. The fourth-order valence-electron chi connectivity index (χ4n) is 3.59. The molecule has 0 radical (unpaired) electrons. The van der Waals surface area contributed by atoms with Crippen molar-refractivity contribution >= 4 is 39.1 Å². The summed E-state index contributed by atoms with van der Waals surface area (Å²) in [7, 11) is 0. The summed E-state index contributed by atoms with van der Waals surface area (Å²) < 4.78 is 0.998. The van der Waals surface area contributed by atoms with Crippen LogP contribution in [-0.4, -0.2) is 28.1 Å². The van der Waals surface area contributed by atoms with E-state index < -0.39 is 0 Å². The second-order valence-corrected chi connectivity index (χ2v) is 8.60. The van der Waals surface area contributed by atoms with Crippen LogP contribution in [0, 0.1) is 0 Å². The van der Waals surface area contributed by atoms with Gasteiger partial charge >= 0.3 is 0 Å². The number of hydrogen-bond donors (Lipinski definition) is 0. The molecule has 30 heavy (non-hydrogen) atoms. The maximum Gasteiger partial charge on any atom is 0.258 e. The Bertz CT molecular complexity index is 1050. The van der Waals surface area contributed by atoms with Crippen LogP contribution in [0.5, 0.6) is 0 Å². The molecule has 4 nitrogen and oxygen atoms in total. The van der Waals surface area contributed by atoms with Crippen LogP contribution >= 0.6 is 27.5 Å². The van der Waals surface area contributed by atoms with Crippen LogP contribution < -0.4 is 0 Å². The average molecular weight is 483 g/mol. The van der Waals surface area contributed by atoms with Gasteiger partial charge in [0.2, 0.25) is 0 Å². The summed E-state index contributed by atoms with van der Waals surface area (Å²) in [4.78, 5) is 15.1. The second-order valence-electron chi connectivity index (χ2n) is 7.25. The van der Waals surface area contributed by atoms with Gasteiger partial charge in [-0.05, 0) is 47.9 Å². The zero-order valence-corrected chi connectivity index (χ0v) is 18.8. The van der Waals surface area contributed by atoms with Crippen LogP contribution in [0.1, 0.15) is 29.8 Å². The summed E-state index contributed by atoms with van der Waals surface area (Å²) in [6.45, 7) is 2.89. The minimum Gasteiger partial charge on any atom is -0.271 e. The number of carbonyl (C=O) groups excluding carboxylic acids is 1. The van der Waals surface area contributed by atoms with E-state index >= 15 is 0 Å². The largest absolute Gasteiger partial charge is 0.271 e. The molecule has 6 heteroatoms. The third-order valence-electron chi connectivity index (χ3n) is 5.09. The van der Waals surface area contributed by atoms with E-state index in [2.05, 4.69) is 33.0 Å². The number of halogens is 2. The molecule has 1 atom stereocenters. The Morgan fingerprint density at radius 1 is 1.03 bits per heavy atom. The molecule has 0 unspecified atom stereocenters. The highest BCUT2D eigenvalue weighted by molar-refractivity contribution is 9.10. The monoisotopic (exact) mass is 481 g/mol. The summed E-state index contributed by atoms with van der Waals surface area (Å²) in [6.07, 6.45) is -0.270. The number of rotatable bonds is 5. The molecule has 4 rings (SSSR count). The molecule has 1 aliphatic rings. The average Bonchev–Trinajstić information content (AvgIpc) is 3.04. The Balaban J connectivity index is 1.69. The summed E-state index contributed by atoms with van der Waals surface area (Å²) in [6, 6.07) is 25.7. The highest BCUT2D eigenvalue weighted by Gasteiger charge is 2.39. The summed E-state index contributed by atoms with van der Waals surface area (Å²) in [5.41, 5.74) is 3.88. The van der Waals surface area contributed by atoms with E-state index in [1.807, 2.05) is 73.7 Å². The van der Waals surface area contributed by atoms with Crippen molar-refractivity contribution < 1.29 is 4.79 Å². The van der Waals surface area contributed by atoms with Crippen molar-refractivity contribution in [2.75, 3.05) is 6.54 Å². The Hall–Kier alpha value is -2.47. The summed E-state index contributed by atoms with van der Waals surface area (Å²) >= 11 is 9.50. The second kappa shape index (κ2) is 9.13. The van der Waals surface area contributed by atoms with Crippen molar-refractivity contribution in [2.24, 2.45) is 5.10 Å². The first-order chi connectivity index (χ1) is 14.5. The van der Waals surface area contributed by atoms with E-state index in [9.17, 15) is 4.79 Å². The van der Waals surface area contributed by atoms with Gasteiger partial charge in [0, 0.05) is 16.0 Å². The molecule has 152 valence electrons. The van der Waals surface area contributed by atoms with E-state index in [1.165, 1.54) is 0 Å². The van der Waals surface area contributed by atoms with Gasteiger partial charge in [0.05, 0.1) is 12.3 Å². The molecule has 0 saturated carbocycles. The molecule has 1 amide bonds. The molecule has 0 bridgehead atoms. The first-order valence-electron chi connectivity index (χ1n) is 9.68. The van der Waals surface area contributed by atoms with E-state index in [-0.39, 0.29) is 12.1 Å². The molecular formula is C24H21BrClN3O. The van der Waals surface area contributed by atoms with Gasteiger partial charge in [0.25, 0.3) is 5.91 Å². The molecule has 1 fully saturated rings. The third kappa shape index (κ3) is 4.64. The van der Waals surface area contributed by atoms with Gasteiger partial charge < -0.3 is 0 Å². The van der Waals surface area contributed by atoms with Gasteiger partial charge in [-0.25, -0.2) is 5.01 Å². The predicted molar refractivity (Wildman–Crippen MR) is 124 cm³/mol. The number of hydrazone groups is 1. The highest BCUT2D eigenvalue weighted by atomic mass is 79.9. The highest BCUT2D eigenvalue weighted by Crippen LogP contribution is 2.33. The molecular weight excluding hydrogens is 462 g/mol. The Morgan fingerprint density at radius 3 is 2.37 bits per heavy atom. The van der Waals surface area contributed by atoms with Gasteiger partial charge in [-0.15, -0.1) is 0 Å². The SMILES string of the molecule is C/C(=N/N1C(=O)CN(Cc2ccccc2)[C@@H]1c1ccc(Br)cc1)c1ccc(Cl)cc1. The molecule has 1 aliphatic heterocycles. The number of hydrogen-bond acceptors (Lipinski definition) is 3. The Labute approximate surface area is 189 Å². The lowest BCUT2D eigenvalue weighted by Crippen LogP contribution is -2.29. The van der Waals surface area contributed by atoms with Crippen molar-refractivity contribution in [3.05, 3.63) is 105 Å². The fraction of sp³-hybridized carbons (Fsp3) is 0.167. The van der Waals surface area contributed by atoms with Crippen molar-refractivity contribution in [3.63, 3.8) is 0 Å². The maximum atomic E-state index is 13.0. The van der Waals surface area contributed by atoms with E-state index in [4.69, 9.17) is 16.7 Å². The standard InChI is InChI=1S/C24H21BrClN3O/c1-17(19-9-13-22(26)14-10-19)27-29-23(30)16-28(15-18-5-3-2-4-6-18)24(29)20-7-11-21(25)12-8-20/h2-14,24H,15-16H2,1H3/b27-17-/t24-/m0/s1. The lowest BCUT2D eigenvalue weighted by molar-refractivity contribution is -0.128. The molecule has 3 aromatic rings. The lowest BCUT2D eigenvalue weighted by atomic mass is 10.1. The quantitative estimate of drug-likeness (QED) is 0.426.